The van der Waals surface area contributed by atoms with Crippen LogP contribution in [0.25, 0.3) is 0 Å². The highest BCUT2D eigenvalue weighted by Crippen LogP contribution is 2.09. The van der Waals surface area contributed by atoms with Gasteiger partial charge >= 0.3 is 0 Å². The molecule has 0 rings (SSSR count). The summed E-state index contributed by atoms with van der Waals surface area (Å²) in [5, 5.41) is 9.01. The van der Waals surface area contributed by atoms with E-state index in [-0.39, 0.29) is 16.7 Å². The van der Waals surface area contributed by atoms with E-state index >= 15 is 0 Å². The van der Waals surface area contributed by atoms with Gasteiger partial charge in [0, 0.05) is 13.3 Å². The predicted octanol–water partition coefficient (Wildman–Crippen LogP) is 0.250. The van der Waals surface area contributed by atoms with Gasteiger partial charge in [-0.05, 0) is 11.8 Å². The summed E-state index contributed by atoms with van der Waals surface area (Å²) in [4.78, 5) is 21.7. The molecule has 0 saturated carbocycles. The third-order valence-corrected chi connectivity index (χ3v) is 2.10. The summed E-state index contributed by atoms with van der Waals surface area (Å²) in [5.74, 6) is 0. The lowest BCUT2D eigenvalue weighted by Crippen LogP contribution is -2.41. The van der Waals surface area contributed by atoms with Gasteiger partial charge < -0.3 is 9.59 Å². The molecule has 0 aromatic carbocycles. The standard InChI is InChI=1S/C9H18NO3S/c1-7(11)14-9(13)5-8(12)6-10(2,3)4/h8,12H,5-6H2,1-4H3/q+1. The third-order valence-electron chi connectivity index (χ3n) is 1.42. The molecular formula is C9H18NO3S+. The van der Waals surface area contributed by atoms with E-state index in [1.807, 2.05) is 21.1 Å². The van der Waals surface area contributed by atoms with Crippen LogP contribution in [0, 0.1) is 0 Å². The number of hydrogen-bond acceptors (Lipinski definition) is 4. The number of thioether (sulfide) groups is 1. The third kappa shape index (κ3) is 8.22. The lowest BCUT2D eigenvalue weighted by Gasteiger charge is -2.26. The number of quaternary nitrogens is 1. The first kappa shape index (κ1) is 13.6. The molecule has 0 aromatic rings. The van der Waals surface area contributed by atoms with Gasteiger partial charge in [0.1, 0.15) is 12.6 Å². The number of carbonyl (C=O) groups is 2. The van der Waals surface area contributed by atoms with Crippen molar-refractivity contribution in [2.75, 3.05) is 27.7 Å². The van der Waals surface area contributed by atoms with Gasteiger partial charge in [-0.2, -0.15) is 0 Å². The SMILES string of the molecule is CC(=O)SC(=O)CC(O)C[N+](C)(C)C. The zero-order valence-corrected chi connectivity index (χ0v) is 9.93. The number of aliphatic hydroxyl groups excluding tert-OH is 1. The molecular weight excluding hydrogens is 202 g/mol. The number of likely N-dealkylation sites (N-methyl/N-ethyl adjacent to an activating group) is 1. The molecule has 1 atom stereocenters. The Labute approximate surface area is 88.9 Å². The Balaban J connectivity index is 3.89. The minimum absolute atomic E-state index is 0.0414. The van der Waals surface area contributed by atoms with Crippen LogP contribution in [-0.4, -0.2) is 53.6 Å². The number of carbonyl (C=O) groups excluding carboxylic acids is 2. The molecule has 0 heterocycles. The van der Waals surface area contributed by atoms with Crippen molar-refractivity contribution < 1.29 is 19.2 Å². The summed E-state index contributed by atoms with van der Waals surface area (Å²) < 4.78 is 0.596. The second kappa shape index (κ2) is 5.48. The first-order valence-corrected chi connectivity index (χ1v) is 5.22. The molecule has 0 spiro atoms. The van der Waals surface area contributed by atoms with Crippen molar-refractivity contribution in [3.63, 3.8) is 0 Å². The quantitative estimate of drug-likeness (QED) is 0.690. The van der Waals surface area contributed by atoms with Crippen LogP contribution in [0.3, 0.4) is 0 Å². The van der Waals surface area contributed by atoms with Crippen molar-refractivity contribution in [1.82, 2.24) is 0 Å². The van der Waals surface area contributed by atoms with Crippen LogP contribution in [0.2, 0.25) is 0 Å². The molecule has 82 valence electrons. The van der Waals surface area contributed by atoms with Crippen LogP contribution >= 0.6 is 11.8 Å². The lowest BCUT2D eigenvalue weighted by molar-refractivity contribution is -0.873. The molecule has 4 nitrogen and oxygen atoms in total. The van der Waals surface area contributed by atoms with Crippen molar-refractivity contribution >= 4 is 22.0 Å². The molecule has 1 N–H and O–H groups in total. The van der Waals surface area contributed by atoms with E-state index in [2.05, 4.69) is 0 Å². The van der Waals surface area contributed by atoms with Crippen LogP contribution < -0.4 is 0 Å². The van der Waals surface area contributed by atoms with Crippen LogP contribution in [0.1, 0.15) is 13.3 Å². The summed E-state index contributed by atoms with van der Waals surface area (Å²) in [6, 6.07) is 0. The molecule has 0 radical (unpaired) electrons. The Kier molecular flexibility index (Phi) is 5.33. The minimum Gasteiger partial charge on any atom is -0.387 e. The second-order valence-electron chi connectivity index (χ2n) is 4.30. The summed E-state index contributed by atoms with van der Waals surface area (Å²) in [6.45, 7) is 1.85. The number of rotatable bonds is 4. The fourth-order valence-corrected chi connectivity index (χ4v) is 1.69. The predicted molar refractivity (Wildman–Crippen MR) is 56.8 cm³/mol. The average molecular weight is 220 g/mol. The van der Waals surface area contributed by atoms with Crippen molar-refractivity contribution in [3.05, 3.63) is 0 Å². The van der Waals surface area contributed by atoms with E-state index in [0.29, 0.717) is 22.8 Å². The Morgan fingerprint density at radius 1 is 1.36 bits per heavy atom. The first-order chi connectivity index (χ1) is 6.20. The van der Waals surface area contributed by atoms with Crippen molar-refractivity contribution in [3.8, 4) is 0 Å². The number of hydrogen-bond donors (Lipinski definition) is 1. The van der Waals surface area contributed by atoms with E-state index < -0.39 is 6.10 Å². The second-order valence-corrected chi connectivity index (χ2v) is 5.53. The van der Waals surface area contributed by atoms with E-state index in [1.54, 1.807) is 0 Å². The Hall–Kier alpha value is -0.390. The summed E-state index contributed by atoms with van der Waals surface area (Å²) >= 11 is 0.664. The maximum Gasteiger partial charge on any atom is 0.199 e. The molecule has 14 heavy (non-hydrogen) atoms. The van der Waals surface area contributed by atoms with Gasteiger partial charge in [0.05, 0.1) is 21.1 Å². The van der Waals surface area contributed by atoms with Gasteiger partial charge in [0.25, 0.3) is 0 Å². The smallest absolute Gasteiger partial charge is 0.199 e. The fraction of sp³-hybridized carbons (Fsp3) is 0.778. The zero-order chi connectivity index (χ0) is 11.4. The molecule has 0 aliphatic rings. The molecule has 5 heteroatoms. The fourth-order valence-electron chi connectivity index (χ4n) is 1.09. The Bertz CT molecular complexity index is 223. The van der Waals surface area contributed by atoms with Gasteiger partial charge in [-0.25, -0.2) is 0 Å². The summed E-state index contributed by atoms with van der Waals surface area (Å²) in [7, 11) is 5.81. The topological polar surface area (TPSA) is 54.4 Å². The average Bonchev–Trinajstić information content (AvgIpc) is 1.77. The number of nitrogens with zero attached hydrogens (tertiary/aromatic N) is 1. The molecule has 1 unspecified atom stereocenters. The van der Waals surface area contributed by atoms with Crippen molar-refractivity contribution in [2.45, 2.75) is 19.4 Å². The lowest BCUT2D eigenvalue weighted by atomic mass is 10.2. The Morgan fingerprint density at radius 3 is 2.21 bits per heavy atom. The largest absolute Gasteiger partial charge is 0.387 e. The molecule has 0 aliphatic heterocycles. The molecule has 0 aliphatic carbocycles. The monoisotopic (exact) mass is 220 g/mol. The van der Waals surface area contributed by atoms with Gasteiger partial charge in [-0.3, -0.25) is 9.59 Å². The summed E-state index contributed by atoms with van der Waals surface area (Å²) in [5.41, 5.74) is 0. The Morgan fingerprint density at radius 2 is 1.86 bits per heavy atom. The maximum absolute atomic E-state index is 11.1. The van der Waals surface area contributed by atoms with Crippen molar-refractivity contribution in [2.24, 2.45) is 0 Å². The molecule has 0 amide bonds. The highest BCUT2D eigenvalue weighted by atomic mass is 32.2. The highest BCUT2D eigenvalue weighted by molar-refractivity contribution is 8.26. The number of aliphatic hydroxyl groups is 1. The van der Waals surface area contributed by atoms with Gasteiger partial charge in [0.2, 0.25) is 0 Å². The molecule has 0 fully saturated rings. The molecule has 0 bridgehead atoms. The van der Waals surface area contributed by atoms with Crippen LogP contribution in [0.5, 0.6) is 0 Å². The van der Waals surface area contributed by atoms with E-state index in [1.165, 1.54) is 6.92 Å². The van der Waals surface area contributed by atoms with E-state index in [9.17, 15) is 14.7 Å². The minimum atomic E-state index is -0.672. The van der Waals surface area contributed by atoms with Crippen molar-refractivity contribution in [1.29, 1.82) is 0 Å². The highest BCUT2D eigenvalue weighted by Gasteiger charge is 2.19. The van der Waals surface area contributed by atoms with Gasteiger partial charge in [-0.15, -0.1) is 0 Å². The normalized spacial score (nSPS) is 13.8. The van der Waals surface area contributed by atoms with E-state index in [0.717, 1.165) is 0 Å². The zero-order valence-electron chi connectivity index (χ0n) is 9.11. The van der Waals surface area contributed by atoms with Gasteiger partial charge in [-0.1, -0.05) is 0 Å². The summed E-state index contributed by atoms with van der Waals surface area (Å²) in [6.07, 6.45) is -0.630. The van der Waals surface area contributed by atoms with Gasteiger partial charge in [0.15, 0.2) is 10.2 Å². The van der Waals surface area contributed by atoms with Crippen LogP contribution in [-0.2, 0) is 9.59 Å². The van der Waals surface area contributed by atoms with Crippen LogP contribution in [0.15, 0.2) is 0 Å². The maximum atomic E-state index is 11.1. The first-order valence-electron chi connectivity index (χ1n) is 4.40. The molecule has 0 saturated heterocycles. The molecule has 0 aromatic heterocycles. The van der Waals surface area contributed by atoms with Crippen LogP contribution in [0.4, 0.5) is 0 Å². The van der Waals surface area contributed by atoms with E-state index in [4.69, 9.17) is 0 Å².